The molecule has 0 bridgehead atoms. The average molecular weight is 248 g/mol. The molecule has 0 aliphatic rings. The van der Waals surface area contributed by atoms with Gasteiger partial charge in [0.1, 0.15) is 6.04 Å². The number of hydrogen-bond donors (Lipinski definition) is 2. The van der Waals surface area contributed by atoms with Crippen molar-refractivity contribution >= 4 is 5.91 Å². The molecular weight excluding hydrogens is 237 g/mol. The van der Waals surface area contributed by atoms with Crippen LogP contribution in [0.1, 0.15) is 11.6 Å². The fourth-order valence-electron chi connectivity index (χ4n) is 1.06. The van der Waals surface area contributed by atoms with Gasteiger partial charge in [-0.25, -0.2) is 5.48 Å². The monoisotopic (exact) mass is 248 g/mol. The number of amides is 1. The summed E-state index contributed by atoms with van der Waals surface area (Å²) in [4.78, 5) is 15.3. The molecule has 4 nitrogen and oxygen atoms in total. The van der Waals surface area contributed by atoms with Gasteiger partial charge in [0.15, 0.2) is 6.61 Å². The summed E-state index contributed by atoms with van der Waals surface area (Å²) in [5.74, 6) is -0.833. The number of hydrogen-bond acceptors (Lipinski definition) is 3. The maximum Gasteiger partial charge on any atom is 0.414 e. The first kappa shape index (κ1) is 13.5. The molecule has 0 saturated carbocycles. The van der Waals surface area contributed by atoms with Gasteiger partial charge >= 0.3 is 6.18 Å². The highest BCUT2D eigenvalue weighted by Gasteiger charge is 2.28. The Morgan fingerprint density at radius 1 is 1.35 bits per heavy atom. The van der Waals surface area contributed by atoms with E-state index in [1.54, 1.807) is 35.8 Å². The molecule has 0 radical (unpaired) electrons. The minimum absolute atomic E-state index is 0.487. The molecule has 0 unspecified atom stereocenters. The van der Waals surface area contributed by atoms with E-state index in [-0.39, 0.29) is 0 Å². The Balaban J connectivity index is 2.43. The molecule has 0 aliphatic heterocycles. The molecule has 1 rings (SSSR count). The number of carbonyl (C=O) groups is 1. The molecule has 1 aromatic rings. The standard InChI is InChI=1S/C10H11F3N2O2/c11-10(12,13)6-17-15-9(16)8(14)7-4-2-1-3-5-7/h1-5,8H,6,14H2,(H,15,16)/t8-/m1/s1. The van der Waals surface area contributed by atoms with E-state index in [1.807, 2.05) is 0 Å². The van der Waals surface area contributed by atoms with Gasteiger partial charge in [0, 0.05) is 0 Å². The molecule has 17 heavy (non-hydrogen) atoms. The van der Waals surface area contributed by atoms with Gasteiger partial charge in [-0.05, 0) is 5.56 Å². The molecule has 94 valence electrons. The summed E-state index contributed by atoms with van der Waals surface area (Å²) >= 11 is 0. The van der Waals surface area contributed by atoms with Gasteiger partial charge < -0.3 is 5.73 Å². The molecule has 0 aliphatic carbocycles. The molecule has 1 atom stereocenters. The van der Waals surface area contributed by atoms with Crippen LogP contribution in [-0.2, 0) is 9.63 Å². The summed E-state index contributed by atoms with van der Waals surface area (Å²) in [5.41, 5.74) is 7.66. The topological polar surface area (TPSA) is 64.4 Å². The molecule has 0 aromatic heterocycles. The summed E-state index contributed by atoms with van der Waals surface area (Å²) in [5, 5.41) is 0. The van der Waals surface area contributed by atoms with Crippen LogP contribution >= 0.6 is 0 Å². The van der Waals surface area contributed by atoms with Crippen molar-refractivity contribution in [1.29, 1.82) is 0 Å². The van der Waals surface area contributed by atoms with Crippen molar-refractivity contribution in [2.45, 2.75) is 12.2 Å². The quantitative estimate of drug-likeness (QED) is 0.789. The highest BCUT2D eigenvalue weighted by molar-refractivity contribution is 5.81. The van der Waals surface area contributed by atoms with Crippen LogP contribution in [0.15, 0.2) is 30.3 Å². The third kappa shape index (κ3) is 4.83. The zero-order chi connectivity index (χ0) is 12.9. The molecule has 3 N–H and O–H groups in total. The van der Waals surface area contributed by atoms with Gasteiger partial charge in [-0.1, -0.05) is 30.3 Å². The van der Waals surface area contributed by atoms with Crippen molar-refractivity contribution in [3.8, 4) is 0 Å². The number of hydroxylamine groups is 1. The number of nitrogens with one attached hydrogen (secondary N) is 1. The predicted molar refractivity (Wildman–Crippen MR) is 53.5 cm³/mol. The lowest BCUT2D eigenvalue weighted by atomic mass is 10.1. The Labute approximate surface area is 95.5 Å². The van der Waals surface area contributed by atoms with Crippen LogP contribution in [0.5, 0.6) is 0 Å². The number of alkyl halides is 3. The number of nitrogens with two attached hydrogens (primary N) is 1. The van der Waals surface area contributed by atoms with E-state index in [2.05, 4.69) is 4.84 Å². The number of benzene rings is 1. The summed E-state index contributed by atoms with van der Waals surface area (Å²) in [7, 11) is 0. The average Bonchev–Trinajstić information content (AvgIpc) is 2.27. The molecule has 0 fully saturated rings. The van der Waals surface area contributed by atoms with Gasteiger partial charge in [0.2, 0.25) is 0 Å². The van der Waals surface area contributed by atoms with Crippen LogP contribution in [0.25, 0.3) is 0 Å². The lowest BCUT2D eigenvalue weighted by Crippen LogP contribution is -2.36. The lowest BCUT2D eigenvalue weighted by molar-refractivity contribution is -0.192. The van der Waals surface area contributed by atoms with Crippen LogP contribution in [0.2, 0.25) is 0 Å². The molecule has 0 saturated heterocycles. The van der Waals surface area contributed by atoms with Gasteiger partial charge in [-0.15, -0.1) is 0 Å². The van der Waals surface area contributed by atoms with Gasteiger partial charge in [-0.2, -0.15) is 13.2 Å². The van der Waals surface area contributed by atoms with Crippen molar-refractivity contribution in [3.05, 3.63) is 35.9 Å². The Kier molecular flexibility index (Phi) is 4.47. The normalized spacial score (nSPS) is 13.2. The smallest absolute Gasteiger partial charge is 0.316 e. The van der Waals surface area contributed by atoms with Gasteiger partial charge in [0.25, 0.3) is 5.91 Å². The van der Waals surface area contributed by atoms with E-state index in [0.29, 0.717) is 5.56 Å². The minimum Gasteiger partial charge on any atom is -0.316 e. The molecule has 0 heterocycles. The Morgan fingerprint density at radius 3 is 2.47 bits per heavy atom. The molecule has 0 spiro atoms. The molecular formula is C10H11F3N2O2. The van der Waals surface area contributed by atoms with Crippen molar-refractivity contribution in [3.63, 3.8) is 0 Å². The zero-order valence-electron chi connectivity index (χ0n) is 8.70. The summed E-state index contributed by atoms with van der Waals surface area (Å²) in [6.45, 7) is -1.56. The first-order chi connectivity index (χ1) is 7.90. The number of rotatable bonds is 4. The third-order valence-electron chi connectivity index (χ3n) is 1.85. The fraction of sp³-hybridized carbons (Fsp3) is 0.300. The van der Waals surface area contributed by atoms with Crippen LogP contribution in [0.4, 0.5) is 13.2 Å². The van der Waals surface area contributed by atoms with E-state index in [9.17, 15) is 18.0 Å². The van der Waals surface area contributed by atoms with E-state index < -0.39 is 24.7 Å². The van der Waals surface area contributed by atoms with Crippen LogP contribution in [0, 0.1) is 0 Å². The molecule has 7 heteroatoms. The molecule has 1 amide bonds. The summed E-state index contributed by atoms with van der Waals surface area (Å²) < 4.78 is 35.2. The maximum atomic E-state index is 11.7. The van der Waals surface area contributed by atoms with Crippen LogP contribution in [-0.4, -0.2) is 18.7 Å². The van der Waals surface area contributed by atoms with Crippen LogP contribution in [0.3, 0.4) is 0 Å². The summed E-state index contributed by atoms with van der Waals surface area (Å²) in [6.07, 6.45) is -4.50. The van der Waals surface area contributed by atoms with Crippen LogP contribution < -0.4 is 11.2 Å². The third-order valence-corrected chi connectivity index (χ3v) is 1.85. The highest BCUT2D eigenvalue weighted by Crippen LogP contribution is 2.14. The predicted octanol–water partition coefficient (Wildman–Crippen LogP) is 1.30. The zero-order valence-corrected chi connectivity index (χ0v) is 8.70. The second-order valence-electron chi connectivity index (χ2n) is 3.26. The highest BCUT2D eigenvalue weighted by atomic mass is 19.4. The van der Waals surface area contributed by atoms with Gasteiger partial charge in [0.05, 0.1) is 0 Å². The van der Waals surface area contributed by atoms with E-state index in [0.717, 1.165) is 0 Å². The Bertz CT molecular complexity index is 368. The second kappa shape index (κ2) is 5.65. The maximum absolute atomic E-state index is 11.7. The Morgan fingerprint density at radius 2 is 1.94 bits per heavy atom. The van der Waals surface area contributed by atoms with Gasteiger partial charge in [-0.3, -0.25) is 9.63 Å². The first-order valence-corrected chi connectivity index (χ1v) is 4.69. The SMILES string of the molecule is N[C@@H](C(=O)NOCC(F)(F)F)c1ccccc1. The van der Waals surface area contributed by atoms with Crippen molar-refractivity contribution in [2.24, 2.45) is 5.73 Å². The largest absolute Gasteiger partial charge is 0.414 e. The lowest BCUT2D eigenvalue weighted by Gasteiger charge is -2.13. The number of halogens is 3. The van der Waals surface area contributed by atoms with E-state index in [1.165, 1.54) is 0 Å². The van der Waals surface area contributed by atoms with Crippen molar-refractivity contribution in [1.82, 2.24) is 5.48 Å². The van der Waals surface area contributed by atoms with Crippen molar-refractivity contribution < 1.29 is 22.8 Å². The summed E-state index contributed by atoms with van der Waals surface area (Å²) in [6, 6.07) is 7.18. The molecule has 1 aromatic carbocycles. The van der Waals surface area contributed by atoms with Crippen molar-refractivity contribution in [2.75, 3.05) is 6.61 Å². The van der Waals surface area contributed by atoms with E-state index in [4.69, 9.17) is 5.73 Å². The first-order valence-electron chi connectivity index (χ1n) is 4.69. The number of carbonyl (C=O) groups excluding carboxylic acids is 1. The minimum atomic E-state index is -4.50. The Hall–Kier alpha value is -1.60. The fourth-order valence-corrected chi connectivity index (χ4v) is 1.06. The second-order valence-corrected chi connectivity index (χ2v) is 3.26. The van der Waals surface area contributed by atoms with E-state index >= 15 is 0 Å².